The van der Waals surface area contributed by atoms with E-state index in [0.717, 1.165) is 24.0 Å². The van der Waals surface area contributed by atoms with Gasteiger partial charge in [0, 0.05) is 29.9 Å². The van der Waals surface area contributed by atoms with Crippen molar-refractivity contribution >= 4 is 40.9 Å². The van der Waals surface area contributed by atoms with Gasteiger partial charge in [0.2, 0.25) is 0 Å². The predicted octanol–water partition coefficient (Wildman–Crippen LogP) is 6.84. The van der Waals surface area contributed by atoms with Crippen LogP contribution in [-0.2, 0) is 21.7 Å². The largest absolute Gasteiger partial charge is 0.450 e. The fraction of sp³-hybridized carbons (Fsp3) is 0.435. The molecule has 0 N–H and O–H groups in total. The second-order valence-corrected chi connectivity index (χ2v) is 9.19. The van der Waals surface area contributed by atoms with Crippen molar-refractivity contribution in [3.8, 4) is 0 Å². The maximum Gasteiger partial charge on any atom is 0.410 e. The molecule has 0 aliphatic carbocycles. The maximum absolute atomic E-state index is 12.5. The minimum absolute atomic E-state index is 0.0901. The van der Waals surface area contributed by atoms with E-state index in [1.807, 2.05) is 48.2 Å². The molecule has 7 heteroatoms. The summed E-state index contributed by atoms with van der Waals surface area (Å²) in [6.07, 6.45) is 3.11. The minimum atomic E-state index is -0.508. The highest BCUT2D eigenvalue weighted by Crippen LogP contribution is 2.48. The van der Waals surface area contributed by atoms with Crippen molar-refractivity contribution in [2.45, 2.75) is 56.9 Å². The highest BCUT2D eigenvalue weighted by atomic mass is 35.5. The lowest BCUT2D eigenvalue weighted by Gasteiger charge is -2.46. The molecule has 0 spiro atoms. The Labute approximate surface area is 192 Å². The number of fused-ring (bicyclic) bond motifs is 2. The van der Waals surface area contributed by atoms with Crippen LogP contribution in [0.25, 0.3) is 0 Å². The highest BCUT2D eigenvalue weighted by molar-refractivity contribution is 6.42. The zero-order valence-electron chi connectivity index (χ0n) is 16.7. The maximum atomic E-state index is 12.5. The Kier molecular flexibility index (Phi) is 6.50. The first-order chi connectivity index (χ1) is 14.4. The molecular weight excluding hydrogens is 445 g/mol. The van der Waals surface area contributed by atoms with Gasteiger partial charge in [0.15, 0.2) is 0 Å². The van der Waals surface area contributed by atoms with Gasteiger partial charge < -0.3 is 14.4 Å². The molecule has 30 heavy (non-hydrogen) atoms. The van der Waals surface area contributed by atoms with Gasteiger partial charge in [-0.05, 0) is 55.2 Å². The summed E-state index contributed by atoms with van der Waals surface area (Å²) < 4.78 is 11.9. The number of amides is 1. The van der Waals surface area contributed by atoms with Gasteiger partial charge in [-0.1, -0.05) is 53.0 Å². The Morgan fingerprint density at radius 2 is 1.70 bits per heavy atom. The predicted molar refractivity (Wildman–Crippen MR) is 119 cm³/mol. The number of carbonyl (C=O) groups excluding carboxylic acids is 1. The number of piperidine rings is 1. The van der Waals surface area contributed by atoms with Crippen molar-refractivity contribution < 1.29 is 14.3 Å². The molecule has 2 bridgehead atoms. The van der Waals surface area contributed by atoms with Gasteiger partial charge in [-0.25, -0.2) is 4.79 Å². The van der Waals surface area contributed by atoms with Crippen molar-refractivity contribution in [2.75, 3.05) is 6.61 Å². The molecule has 160 valence electrons. The lowest BCUT2D eigenvalue weighted by atomic mass is 9.80. The van der Waals surface area contributed by atoms with E-state index >= 15 is 0 Å². The van der Waals surface area contributed by atoms with Gasteiger partial charge in [0.05, 0.1) is 28.9 Å². The molecule has 4 nitrogen and oxygen atoms in total. The number of ether oxygens (including phenoxy) is 2. The van der Waals surface area contributed by atoms with Gasteiger partial charge in [0.25, 0.3) is 0 Å². The van der Waals surface area contributed by atoms with Crippen LogP contribution in [0.5, 0.6) is 0 Å². The summed E-state index contributed by atoms with van der Waals surface area (Å²) in [6, 6.07) is 13.5. The lowest BCUT2D eigenvalue weighted by Crippen LogP contribution is -2.53. The number of carbonyl (C=O) groups is 1. The van der Waals surface area contributed by atoms with E-state index in [1.165, 1.54) is 0 Å². The van der Waals surface area contributed by atoms with Crippen molar-refractivity contribution in [3.63, 3.8) is 0 Å². The molecule has 0 aromatic heterocycles. The number of hydrogen-bond donors (Lipinski definition) is 0. The van der Waals surface area contributed by atoms with Crippen LogP contribution in [0.1, 0.15) is 43.7 Å². The van der Waals surface area contributed by atoms with E-state index < -0.39 is 5.60 Å². The molecule has 2 aromatic carbocycles. The van der Waals surface area contributed by atoms with E-state index in [4.69, 9.17) is 44.3 Å². The standard InChI is InChI=1S/C23H24Cl3NO3/c1-2-29-22(28)27-18-8-9-19(27)13-23(12-18,16-4-6-17(24)7-5-16)30-14-15-3-10-20(25)21(26)11-15/h3-7,10-11,18-19H,2,8-9,12-14H2,1H3. The smallest absolute Gasteiger partial charge is 0.410 e. The van der Waals surface area contributed by atoms with Crippen LogP contribution < -0.4 is 0 Å². The van der Waals surface area contributed by atoms with E-state index in [9.17, 15) is 4.79 Å². The third-order valence-electron chi connectivity index (χ3n) is 6.10. The zero-order chi connectivity index (χ0) is 21.3. The molecule has 2 aliphatic rings. The number of benzene rings is 2. The first-order valence-electron chi connectivity index (χ1n) is 10.2. The second kappa shape index (κ2) is 8.96. The van der Waals surface area contributed by atoms with Gasteiger partial charge in [-0.2, -0.15) is 0 Å². The molecule has 2 fully saturated rings. The Bertz CT molecular complexity index is 904. The van der Waals surface area contributed by atoms with Crippen LogP contribution in [0.4, 0.5) is 4.79 Å². The van der Waals surface area contributed by atoms with E-state index in [2.05, 4.69) is 0 Å². The SMILES string of the molecule is CCOC(=O)N1C2CCC1CC(OCc1ccc(Cl)c(Cl)c1)(c1ccc(Cl)cc1)C2. The summed E-state index contributed by atoms with van der Waals surface area (Å²) in [6.45, 7) is 2.62. The first-order valence-corrected chi connectivity index (χ1v) is 11.3. The normalized spacial score (nSPS) is 25.4. The third kappa shape index (κ3) is 4.29. The van der Waals surface area contributed by atoms with Crippen LogP contribution in [0, 0.1) is 0 Å². The summed E-state index contributed by atoms with van der Waals surface area (Å²) >= 11 is 18.4. The molecule has 0 saturated carbocycles. The van der Waals surface area contributed by atoms with Crippen LogP contribution in [0.2, 0.25) is 15.1 Å². The van der Waals surface area contributed by atoms with Crippen molar-refractivity contribution in [2.24, 2.45) is 0 Å². The van der Waals surface area contributed by atoms with Gasteiger partial charge >= 0.3 is 6.09 Å². The number of rotatable bonds is 5. The molecule has 0 radical (unpaired) electrons. The molecule has 2 unspecified atom stereocenters. The molecule has 2 saturated heterocycles. The Balaban J connectivity index is 1.62. The average molecular weight is 469 g/mol. The Hall–Kier alpha value is -1.46. The van der Waals surface area contributed by atoms with Crippen LogP contribution in [0.15, 0.2) is 42.5 Å². The summed E-state index contributed by atoms with van der Waals surface area (Å²) in [5.41, 5.74) is 1.52. The van der Waals surface area contributed by atoms with Gasteiger partial charge in [-0.3, -0.25) is 0 Å². The number of nitrogens with zero attached hydrogens (tertiary/aromatic N) is 1. The fourth-order valence-electron chi connectivity index (χ4n) is 4.74. The Morgan fingerprint density at radius 1 is 1.03 bits per heavy atom. The molecule has 1 amide bonds. The van der Waals surface area contributed by atoms with Crippen LogP contribution >= 0.6 is 34.8 Å². The zero-order valence-corrected chi connectivity index (χ0v) is 19.0. The third-order valence-corrected chi connectivity index (χ3v) is 7.09. The quantitative estimate of drug-likeness (QED) is 0.482. The monoisotopic (exact) mass is 467 g/mol. The average Bonchev–Trinajstić information content (AvgIpc) is 3.01. The number of halogens is 3. The second-order valence-electron chi connectivity index (χ2n) is 7.94. The molecule has 2 aliphatic heterocycles. The van der Waals surface area contributed by atoms with Gasteiger partial charge in [-0.15, -0.1) is 0 Å². The van der Waals surface area contributed by atoms with Crippen molar-refractivity contribution in [1.29, 1.82) is 0 Å². The molecule has 2 atom stereocenters. The van der Waals surface area contributed by atoms with Crippen LogP contribution in [0.3, 0.4) is 0 Å². The summed E-state index contributed by atoms with van der Waals surface area (Å²) in [5.74, 6) is 0. The van der Waals surface area contributed by atoms with Crippen molar-refractivity contribution in [1.82, 2.24) is 4.90 Å². The van der Waals surface area contributed by atoms with Gasteiger partial charge in [0.1, 0.15) is 0 Å². The van der Waals surface area contributed by atoms with E-state index in [-0.39, 0.29) is 18.2 Å². The minimum Gasteiger partial charge on any atom is -0.450 e. The summed E-state index contributed by atoms with van der Waals surface area (Å²) in [5, 5.41) is 1.72. The topological polar surface area (TPSA) is 38.8 Å². The van der Waals surface area contributed by atoms with Crippen LogP contribution in [-0.4, -0.2) is 29.7 Å². The van der Waals surface area contributed by atoms with E-state index in [1.54, 1.807) is 6.07 Å². The molecule has 2 heterocycles. The number of hydrogen-bond acceptors (Lipinski definition) is 3. The molecular formula is C23H24Cl3NO3. The first kappa shape index (κ1) is 21.8. The highest BCUT2D eigenvalue weighted by Gasteiger charge is 2.52. The Morgan fingerprint density at radius 3 is 2.30 bits per heavy atom. The molecule has 2 aromatic rings. The fourth-order valence-corrected chi connectivity index (χ4v) is 5.19. The lowest BCUT2D eigenvalue weighted by molar-refractivity contribution is -0.114. The van der Waals surface area contributed by atoms with Crippen molar-refractivity contribution in [3.05, 3.63) is 68.7 Å². The summed E-state index contributed by atoms with van der Waals surface area (Å²) in [7, 11) is 0. The molecule has 4 rings (SSSR count). The summed E-state index contributed by atoms with van der Waals surface area (Å²) in [4.78, 5) is 14.4. The van der Waals surface area contributed by atoms with E-state index in [0.29, 0.717) is 41.1 Å².